The summed E-state index contributed by atoms with van der Waals surface area (Å²) in [7, 11) is 0. The van der Waals surface area contributed by atoms with Crippen LogP contribution in [0.2, 0.25) is 0 Å². The third kappa shape index (κ3) is 1.32. The van der Waals surface area contributed by atoms with E-state index in [0.29, 0.717) is 18.3 Å². The van der Waals surface area contributed by atoms with Crippen LogP contribution in [0.5, 0.6) is 0 Å². The third-order valence-corrected chi connectivity index (χ3v) is 5.00. The van der Waals surface area contributed by atoms with Crippen molar-refractivity contribution in [3.63, 3.8) is 0 Å². The van der Waals surface area contributed by atoms with E-state index >= 15 is 0 Å². The monoisotopic (exact) mass is 225 g/mol. The molecule has 0 amide bonds. The van der Waals surface area contributed by atoms with E-state index in [1.807, 2.05) is 0 Å². The van der Waals surface area contributed by atoms with E-state index in [1.54, 1.807) is 0 Å². The summed E-state index contributed by atoms with van der Waals surface area (Å²) in [5, 5.41) is 19.6. The van der Waals surface area contributed by atoms with Gasteiger partial charge >= 0.3 is 5.97 Å². The predicted octanol–water partition coefficient (Wildman–Crippen LogP) is 0.730. The molecule has 4 N–H and O–H groups in total. The molecule has 4 fully saturated rings. The molecule has 0 aromatic rings. The highest BCUT2D eigenvalue weighted by Gasteiger charge is 2.60. The second-order valence-electron chi connectivity index (χ2n) is 6.36. The van der Waals surface area contributed by atoms with Crippen molar-refractivity contribution in [1.29, 1.82) is 0 Å². The van der Waals surface area contributed by atoms with E-state index in [-0.39, 0.29) is 5.41 Å². The van der Waals surface area contributed by atoms with Crippen LogP contribution < -0.4 is 5.73 Å². The van der Waals surface area contributed by atoms with Crippen molar-refractivity contribution in [2.45, 2.75) is 50.2 Å². The number of nitrogens with two attached hydrogens (primary N) is 1. The van der Waals surface area contributed by atoms with E-state index < -0.39 is 17.6 Å². The first-order valence-electron chi connectivity index (χ1n) is 6.13. The Bertz CT molecular complexity index is 327. The minimum atomic E-state index is -0.912. The van der Waals surface area contributed by atoms with Gasteiger partial charge in [0.05, 0.1) is 5.60 Å². The molecule has 4 aliphatic carbocycles. The molecule has 0 aliphatic heterocycles. The van der Waals surface area contributed by atoms with Crippen LogP contribution in [0, 0.1) is 17.3 Å². The Morgan fingerprint density at radius 1 is 1.25 bits per heavy atom. The molecular formula is C12H19NO3. The number of carboxylic acid groups (broad SMARTS) is 1. The van der Waals surface area contributed by atoms with Gasteiger partial charge in [0.1, 0.15) is 6.04 Å². The number of aliphatic carboxylic acids is 1. The number of rotatable bonds is 2. The van der Waals surface area contributed by atoms with Gasteiger partial charge in [0.15, 0.2) is 0 Å². The Morgan fingerprint density at radius 2 is 1.81 bits per heavy atom. The summed E-state index contributed by atoms with van der Waals surface area (Å²) in [5.41, 5.74) is 4.92. The molecule has 4 aliphatic rings. The molecule has 16 heavy (non-hydrogen) atoms. The van der Waals surface area contributed by atoms with Crippen LogP contribution >= 0.6 is 0 Å². The molecule has 0 aromatic heterocycles. The standard InChI is InChI=1S/C12H19NO3/c13-9(10(14)15)11-2-7-1-8(3-11)5-12(16,4-7)6-11/h7-9,16H,1-6,13H2,(H,14,15)/t7-,8-,9-,11?,12?/m1/s1. The fourth-order valence-corrected chi connectivity index (χ4v) is 4.91. The molecule has 0 spiro atoms. The normalized spacial score (nSPS) is 51.6. The van der Waals surface area contributed by atoms with Gasteiger partial charge in [0.2, 0.25) is 0 Å². The van der Waals surface area contributed by atoms with Crippen LogP contribution in [0.3, 0.4) is 0 Å². The SMILES string of the molecule is N[C@H](C(=O)O)C12C[C@H]3C[C@@H](CC(O)(C3)C1)C2. The van der Waals surface area contributed by atoms with Crippen molar-refractivity contribution in [3.05, 3.63) is 0 Å². The smallest absolute Gasteiger partial charge is 0.321 e. The van der Waals surface area contributed by atoms with Crippen LogP contribution in [0.25, 0.3) is 0 Å². The lowest BCUT2D eigenvalue weighted by molar-refractivity contribution is -0.179. The molecule has 4 nitrogen and oxygen atoms in total. The van der Waals surface area contributed by atoms with E-state index in [9.17, 15) is 9.90 Å². The Labute approximate surface area is 94.8 Å². The maximum atomic E-state index is 11.1. The van der Waals surface area contributed by atoms with Gasteiger partial charge in [0, 0.05) is 0 Å². The van der Waals surface area contributed by atoms with Crippen LogP contribution in [0.4, 0.5) is 0 Å². The third-order valence-electron chi connectivity index (χ3n) is 5.00. The van der Waals surface area contributed by atoms with Gasteiger partial charge in [-0.05, 0) is 55.8 Å². The van der Waals surface area contributed by atoms with Crippen LogP contribution in [-0.4, -0.2) is 27.8 Å². The summed E-state index contributed by atoms with van der Waals surface area (Å²) in [6.07, 6.45) is 5.28. The minimum Gasteiger partial charge on any atom is -0.480 e. The van der Waals surface area contributed by atoms with Crippen molar-refractivity contribution < 1.29 is 15.0 Å². The van der Waals surface area contributed by atoms with Crippen molar-refractivity contribution in [2.24, 2.45) is 23.0 Å². The second-order valence-corrected chi connectivity index (χ2v) is 6.36. The van der Waals surface area contributed by atoms with E-state index in [1.165, 1.54) is 0 Å². The molecule has 0 unspecified atom stereocenters. The summed E-state index contributed by atoms with van der Waals surface area (Å²) in [5.74, 6) is 0.0823. The summed E-state index contributed by atoms with van der Waals surface area (Å²) in [6.45, 7) is 0. The first-order valence-corrected chi connectivity index (χ1v) is 6.13. The van der Waals surface area contributed by atoms with Gasteiger partial charge in [-0.3, -0.25) is 4.79 Å². The lowest BCUT2D eigenvalue weighted by atomic mass is 9.46. The highest BCUT2D eigenvalue weighted by Crippen LogP contribution is 2.62. The lowest BCUT2D eigenvalue weighted by Gasteiger charge is -2.61. The van der Waals surface area contributed by atoms with Gasteiger partial charge in [-0.25, -0.2) is 0 Å². The first-order chi connectivity index (χ1) is 7.42. The largest absolute Gasteiger partial charge is 0.480 e. The Kier molecular flexibility index (Phi) is 1.97. The number of hydrogen-bond acceptors (Lipinski definition) is 3. The number of aliphatic hydroxyl groups is 1. The predicted molar refractivity (Wildman–Crippen MR) is 57.7 cm³/mol. The highest BCUT2D eigenvalue weighted by molar-refractivity contribution is 5.74. The zero-order valence-corrected chi connectivity index (χ0v) is 9.35. The molecule has 3 atom stereocenters. The fraction of sp³-hybridized carbons (Fsp3) is 0.917. The zero-order valence-electron chi connectivity index (χ0n) is 9.35. The van der Waals surface area contributed by atoms with Crippen LogP contribution in [0.1, 0.15) is 38.5 Å². The second kappa shape index (κ2) is 2.99. The average Bonchev–Trinajstić information content (AvgIpc) is 2.12. The quantitative estimate of drug-likeness (QED) is 0.647. The zero-order chi connectivity index (χ0) is 11.6. The highest BCUT2D eigenvalue weighted by atomic mass is 16.4. The maximum Gasteiger partial charge on any atom is 0.321 e. The molecule has 0 radical (unpaired) electrons. The Morgan fingerprint density at radius 3 is 2.25 bits per heavy atom. The van der Waals surface area contributed by atoms with Gasteiger partial charge in [0.25, 0.3) is 0 Å². The molecular weight excluding hydrogens is 206 g/mol. The van der Waals surface area contributed by atoms with Gasteiger partial charge in [-0.1, -0.05) is 0 Å². The molecule has 0 aromatic carbocycles. The molecule has 4 heteroatoms. The average molecular weight is 225 g/mol. The number of hydrogen-bond donors (Lipinski definition) is 3. The van der Waals surface area contributed by atoms with Crippen molar-refractivity contribution in [3.8, 4) is 0 Å². The Hall–Kier alpha value is -0.610. The molecule has 90 valence electrons. The van der Waals surface area contributed by atoms with E-state index in [2.05, 4.69) is 0 Å². The van der Waals surface area contributed by atoms with Crippen molar-refractivity contribution in [1.82, 2.24) is 0 Å². The molecule has 4 saturated carbocycles. The molecule has 4 bridgehead atoms. The molecule has 0 heterocycles. The number of carbonyl (C=O) groups is 1. The Balaban J connectivity index is 1.94. The van der Waals surface area contributed by atoms with E-state index in [4.69, 9.17) is 10.8 Å². The lowest BCUT2D eigenvalue weighted by Crippen LogP contribution is -2.62. The van der Waals surface area contributed by atoms with Gasteiger partial charge < -0.3 is 15.9 Å². The van der Waals surface area contributed by atoms with Crippen LogP contribution in [0.15, 0.2) is 0 Å². The van der Waals surface area contributed by atoms with Crippen molar-refractivity contribution >= 4 is 5.97 Å². The summed E-state index contributed by atoms with van der Waals surface area (Å²) >= 11 is 0. The molecule has 0 saturated heterocycles. The molecule has 4 rings (SSSR count). The number of carboxylic acids is 1. The summed E-state index contributed by atoms with van der Waals surface area (Å²) in [6, 6.07) is -0.801. The topological polar surface area (TPSA) is 83.6 Å². The van der Waals surface area contributed by atoms with Crippen molar-refractivity contribution in [2.75, 3.05) is 0 Å². The minimum absolute atomic E-state index is 0.329. The van der Waals surface area contributed by atoms with Crippen LogP contribution in [-0.2, 0) is 4.79 Å². The maximum absolute atomic E-state index is 11.1. The fourth-order valence-electron chi connectivity index (χ4n) is 4.91. The first kappa shape index (κ1) is 10.5. The van der Waals surface area contributed by atoms with Gasteiger partial charge in [-0.15, -0.1) is 0 Å². The summed E-state index contributed by atoms with van der Waals surface area (Å²) < 4.78 is 0. The van der Waals surface area contributed by atoms with Gasteiger partial charge in [-0.2, -0.15) is 0 Å². The summed E-state index contributed by atoms with van der Waals surface area (Å²) in [4.78, 5) is 11.1. The van der Waals surface area contributed by atoms with E-state index in [0.717, 1.165) is 32.1 Å².